The normalized spacial score (nSPS) is 14.6. The zero-order valence-electron chi connectivity index (χ0n) is 23.0. The van der Waals surface area contributed by atoms with Gasteiger partial charge in [-0.3, -0.25) is 0 Å². The molecule has 0 amide bonds. The molecule has 204 valence electrons. The van der Waals surface area contributed by atoms with Crippen LogP contribution in [0.5, 0.6) is 0 Å². The predicted octanol–water partition coefficient (Wildman–Crippen LogP) is 4.81. The number of aliphatic hydroxyl groups excluding tert-OH is 2. The highest BCUT2D eigenvalue weighted by molar-refractivity contribution is 5.13. The molecule has 0 radical (unpaired) electrons. The van der Waals surface area contributed by atoms with Crippen LogP contribution in [0.3, 0.4) is 0 Å². The van der Waals surface area contributed by atoms with Crippen LogP contribution in [0, 0.1) is 0 Å². The minimum atomic E-state index is -0.361. The van der Waals surface area contributed by atoms with Gasteiger partial charge in [-0.25, -0.2) is 0 Å². The van der Waals surface area contributed by atoms with Gasteiger partial charge in [0.05, 0.1) is 6.54 Å². The van der Waals surface area contributed by atoms with Gasteiger partial charge in [0.25, 0.3) is 0 Å². The summed E-state index contributed by atoms with van der Waals surface area (Å²) in [7, 11) is 0. The van der Waals surface area contributed by atoms with Gasteiger partial charge in [0.15, 0.2) is 0 Å². The summed E-state index contributed by atoms with van der Waals surface area (Å²) < 4.78 is 0.771. The van der Waals surface area contributed by atoms with E-state index >= 15 is 0 Å². The van der Waals surface area contributed by atoms with Gasteiger partial charge < -0.3 is 27.1 Å². The fourth-order valence-corrected chi connectivity index (χ4v) is 5.41. The third-order valence-corrected chi connectivity index (χ3v) is 6.95. The third kappa shape index (κ3) is 19.0. The van der Waals surface area contributed by atoms with Crippen molar-refractivity contribution in [2.45, 2.75) is 129 Å². The summed E-state index contributed by atoms with van der Waals surface area (Å²) in [6.07, 6.45) is 21.4. The van der Waals surface area contributed by atoms with E-state index in [9.17, 15) is 10.2 Å². The average Bonchev–Trinajstić information content (AvgIpc) is 2.78. The number of halogens is 1. The molecule has 0 aliphatic carbocycles. The molecule has 1 aromatic rings. The van der Waals surface area contributed by atoms with Gasteiger partial charge in [0.1, 0.15) is 31.8 Å². The zero-order chi connectivity index (χ0) is 24.9. The van der Waals surface area contributed by atoms with E-state index in [2.05, 4.69) is 36.9 Å². The summed E-state index contributed by atoms with van der Waals surface area (Å²) in [5.74, 6) is 0. The van der Waals surface area contributed by atoms with E-state index < -0.39 is 0 Å². The van der Waals surface area contributed by atoms with E-state index in [0.717, 1.165) is 17.6 Å². The topological polar surface area (TPSA) is 40.5 Å². The van der Waals surface area contributed by atoms with Crippen LogP contribution < -0.4 is 12.4 Å². The fraction of sp³-hybridized carbons (Fsp3) is 0.742. The van der Waals surface area contributed by atoms with Crippen molar-refractivity contribution in [2.24, 2.45) is 0 Å². The second kappa shape index (κ2) is 22.3. The van der Waals surface area contributed by atoms with Crippen molar-refractivity contribution in [3.63, 3.8) is 0 Å². The molecule has 0 saturated heterocycles. The molecular formula is C31H56ClNO2. The van der Waals surface area contributed by atoms with Crippen molar-refractivity contribution in [1.29, 1.82) is 0 Å². The standard InChI is InChI=1S/C31H56NO2.ClH/c1-4-5-6-7-8-9-10-11-12-13-14-15-16-17-18-22-25-32(26-29(2)33,27-30(3)34)28-31-23-20-19-21-24-31;/h4,19-21,23-24,29-30,33-34H,1,5-18,22,25-28H2,2-3H3;1H/q+1;/p-1. The molecule has 0 bridgehead atoms. The fourth-order valence-electron chi connectivity index (χ4n) is 5.41. The maximum atomic E-state index is 10.2. The number of allylic oxidation sites excluding steroid dienone is 1. The largest absolute Gasteiger partial charge is 1.00 e. The Morgan fingerprint density at radius 3 is 1.49 bits per heavy atom. The summed E-state index contributed by atoms with van der Waals surface area (Å²) in [4.78, 5) is 0. The first-order valence-electron chi connectivity index (χ1n) is 14.3. The summed E-state index contributed by atoms with van der Waals surface area (Å²) in [6, 6.07) is 10.6. The van der Waals surface area contributed by atoms with Gasteiger partial charge in [-0.15, -0.1) is 6.58 Å². The molecule has 35 heavy (non-hydrogen) atoms. The van der Waals surface area contributed by atoms with Crippen molar-refractivity contribution in [2.75, 3.05) is 19.6 Å². The van der Waals surface area contributed by atoms with E-state index in [1.54, 1.807) is 0 Å². The molecule has 1 aromatic carbocycles. The number of hydrogen-bond donors (Lipinski definition) is 2. The van der Waals surface area contributed by atoms with E-state index in [4.69, 9.17) is 0 Å². The van der Waals surface area contributed by atoms with Crippen LogP contribution in [0.25, 0.3) is 0 Å². The Balaban J connectivity index is 0.0000116. The molecule has 0 aromatic heterocycles. The zero-order valence-corrected chi connectivity index (χ0v) is 23.7. The maximum Gasteiger partial charge on any atom is 0.105 e. The monoisotopic (exact) mass is 509 g/mol. The lowest BCUT2D eigenvalue weighted by Crippen LogP contribution is -3.00. The van der Waals surface area contributed by atoms with Crippen LogP contribution in [0.2, 0.25) is 0 Å². The first-order chi connectivity index (χ1) is 16.5. The van der Waals surface area contributed by atoms with Crippen molar-refractivity contribution in [1.82, 2.24) is 0 Å². The first-order valence-corrected chi connectivity index (χ1v) is 14.3. The van der Waals surface area contributed by atoms with E-state index in [1.807, 2.05) is 19.9 Å². The molecular weight excluding hydrogens is 454 g/mol. The Morgan fingerprint density at radius 2 is 1.09 bits per heavy atom. The van der Waals surface area contributed by atoms with Crippen LogP contribution >= 0.6 is 0 Å². The molecule has 0 heterocycles. The molecule has 2 atom stereocenters. The lowest BCUT2D eigenvalue weighted by molar-refractivity contribution is -0.946. The third-order valence-electron chi connectivity index (χ3n) is 6.95. The molecule has 3 nitrogen and oxygen atoms in total. The molecule has 0 aliphatic rings. The lowest BCUT2D eigenvalue weighted by Gasteiger charge is -2.41. The smallest absolute Gasteiger partial charge is 0.105 e. The number of unbranched alkanes of at least 4 members (excludes halogenated alkanes) is 14. The molecule has 2 unspecified atom stereocenters. The molecule has 1 rings (SSSR count). The van der Waals surface area contributed by atoms with Gasteiger partial charge in [-0.1, -0.05) is 107 Å². The van der Waals surface area contributed by atoms with Gasteiger partial charge >= 0.3 is 0 Å². The number of aliphatic hydroxyl groups is 2. The summed E-state index contributed by atoms with van der Waals surface area (Å²) in [6.45, 7) is 10.9. The minimum absolute atomic E-state index is 0. The molecule has 0 saturated carbocycles. The van der Waals surface area contributed by atoms with Gasteiger partial charge in [-0.2, -0.15) is 0 Å². The molecule has 2 N–H and O–H groups in total. The summed E-state index contributed by atoms with van der Waals surface area (Å²) in [5.41, 5.74) is 1.29. The second-order valence-electron chi connectivity index (χ2n) is 10.8. The van der Waals surface area contributed by atoms with Crippen molar-refractivity contribution in [3.05, 3.63) is 48.6 Å². The summed E-state index contributed by atoms with van der Waals surface area (Å²) in [5, 5.41) is 20.4. The Kier molecular flexibility index (Phi) is 21.8. The van der Waals surface area contributed by atoms with Gasteiger partial charge in [0.2, 0.25) is 0 Å². The average molecular weight is 510 g/mol. The molecule has 4 heteroatoms. The van der Waals surface area contributed by atoms with Crippen molar-refractivity contribution < 1.29 is 27.1 Å². The number of benzene rings is 1. The highest BCUT2D eigenvalue weighted by Crippen LogP contribution is 2.20. The van der Waals surface area contributed by atoms with E-state index in [-0.39, 0.29) is 24.6 Å². The highest BCUT2D eigenvalue weighted by Gasteiger charge is 2.30. The highest BCUT2D eigenvalue weighted by atomic mass is 35.5. The minimum Gasteiger partial charge on any atom is -1.00 e. The number of rotatable bonds is 23. The van der Waals surface area contributed by atoms with Crippen LogP contribution in [-0.4, -0.2) is 46.5 Å². The molecule has 0 fully saturated rings. The first kappa shape index (κ1) is 34.1. The predicted molar refractivity (Wildman–Crippen MR) is 148 cm³/mol. The van der Waals surface area contributed by atoms with Gasteiger partial charge in [0, 0.05) is 5.56 Å². The summed E-state index contributed by atoms with van der Waals surface area (Å²) >= 11 is 0. The Bertz CT molecular complexity index is 581. The number of quaternary nitrogens is 1. The van der Waals surface area contributed by atoms with E-state index in [1.165, 1.54) is 102 Å². The van der Waals surface area contributed by atoms with Crippen LogP contribution in [0.1, 0.15) is 116 Å². The van der Waals surface area contributed by atoms with E-state index in [0.29, 0.717) is 13.1 Å². The number of nitrogens with zero attached hydrogens (tertiary/aromatic N) is 1. The number of hydrogen-bond acceptors (Lipinski definition) is 2. The SMILES string of the molecule is C=CCCCCCCCCCCCCCCCC[N+](Cc1ccccc1)(CC(C)O)CC(C)O.[Cl-]. The van der Waals surface area contributed by atoms with Gasteiger partial charge in [-0.05, 0) is 39.5 Å². The quantitative estimate of drug-likeness (QED) is 0.126. The second-order valence-corrected chi connectivity index (χ2v) is 10.8. The lowest BCUT2D eigenvalue weighted by atomic mass is 10.0. The molecule has 0 spiro atoms. The Morgan fingerprint density at radius 1 is 0.686 bits per heavy atom. The van der Waals surface area contributed by atoms with Crippen LogP contribution in [0.4, 0.5) is 0 Å². The van der Waals surface area contributed by atoms with Crippen molar-refractivity contribution >= 4 is 0 Å². The van der Waals surface area contributed by atoms with Crippen LogP contribution in [0.15, 0.2) is 43.0 Å². The Labute approximate surface area is 224 Å². The Hall–Kier alpha value is -0.870. The van der Waals surface area contributed by atoms with Crippen molar-refractivity contribution in [3.8, 4) is 0 Å². The maximum absolute atomic E-state index is 10.2. The molecule has 0 aliphatic heterocycles. The van der Waals surface area contributed by atoms with Crippen LogP contribution in [-0.2, 0) is 6.54 Å².